The molecule has 8 heteroatoms. The Morgan fingerprint density at radius 1 is 0.943 bits per heavy atom. The molecule has 4 rings (SSSR count). The summed E-state index contributed by atoms with van der Waals surface area (Å²) in [5.74, 6) is 1.98. The average molecular weight is 507 g/mol. The number of carbonyl (C=O) groups is 1. The van der Waals surface area contributed by atoms with Crippen LogP contribution in [-0.2, 0) is 13.0 Å². The van der Waals surface area contributed by atoms with E-state index in [0.29, 0.717) is 12.1 Å². The molecule has 0 bridgehead atoms. The first kappa shape index (κ1) is 25.3. The van der Waals surface area contributed by atoms with Gasteiger partial charge in [0.25, 0.3) is 0 Å². The van der Waals surface area contributed by atoms with Gasteiger partial charge < -0.3 is 9.67 Å². The van der Waals surface area contributed by atoms with Gasteiger partial charge in [0.05, 0.1) is 5.56 Å². The number of imidazole rings is 1. The van der Waals surface area contributed by atoms with E-state index in [0.717, 1.165) is 74.4 Å². The molecule has 4 aromatic rings. The van der Waals surface area contributed by atoms with Gasteiger partial charge in [0, 0.05) is 13.0 Å². The van der Waals surface area contributed by atoms with Crippen molar-refractivity contribution in [2.24, 2.45) is 0 Å². The lowest BCUT2D eigenvalue weighted by molar-refractivity contribution is 0.0697. The van der Waals surface area contributed by atoms with E-state index in [1.807, 2.05) is 24.3 Å². The lowest BCUT2D eigenvalue weighted by Gasteiger charge is -2.12. The van der Waals surface area contributed by atoms with Crippen molar-refractivity contribution in [1.82, 2.24) is 19.7 Å². The zero-order valence-corrected chi connectivity index (χ0v) is 22.0. The van der Waals surface area contributed by atoms with Crippen LogP contribution in [0.25, 0.3) is 22.2 Å². The van der Waals surface area contributed by atoms with Crippen LogP contribution in [0.4, 0.5) is 0 Å². The van der Waals surface area contributed by atoms with Gasteiger partial charge in [0.1, 0.15) is 26.9 Å². The smallest absolute Gasteiger partial charge is 0.336 e. The average Bonchev–Trinajstić information content (AvgIpc) is 3.23. The molecule has 0 saturated carbocycles. The van der Waals surface area contributed by atoms with Crippen LogP contribution < -0.4 is 0 Å². The van der Waals surface area contributed by atoms with Crippen LogP contribution in [0.15, 0.2) is 58.6 Å². The number of aromatic carboxylic acids is 1. The molecule has 2 aromatic carbocycles. The van der Waals surface area contributed by atoms with E-state index < -0.39 is 5.97 Å². The van der Waals surface area contributed by atoms with Crippen molar-refractivity contribution in [2.45, 2.75) is 56.6 Å². The second-order valence-corrected chi connectivity index (χ2v) is 10.6. The third-order valence-electron chi connectivity index (χ3n) is 5.76. The molecule has 2 aromatic heterocycles. The second kappa shape index (κ2) is 11.7. The summed E-state index contributed by atoms with van der Waals surface area (Å²) in [5, 5.41) is 20.4. The van der Waals surface area contributed by atoms with Gasteiger partial charge in [0.2, 0.25) is 0 Å². The molecule has 0 spiro atoms. The summed E-state index contributed by atoms with van der Waals surface area (Å²) < 4.78 is 2.30. The number of benzene rings is 2. The highest BCUT2D eigenvalue weighted by molar-refractivity contribution is 7.99. The topological polar surface area (TPSA) is 80.9 Å². The number of hydrogen-bond acceptors (Lipinski definition) is 6. The minimum atomic E-state index is -0.919. The summed E-state index contributed by atoms with van der Waals surface area (Å²) in [6.45, 7) is 7.11. The van der Waals surface area contributed by atoms with Gasteiger partial charge in [-0.25, -0.2) is 9.78 Å². The summed E-state index contributed by atoms with van der Waals surface area (Å²) >= 11 is 3.38. The number of thioether (sulfide) groups is 2. The Balaban J connectivity index is 1.76. The summed E-state index contributed by atoms with van der Waals surface area (Å²) in [7, 11) is 0. The largest absolute Gasteiger partial charge is 0.478 e. The van der Waals surface area contributed by atoms with E-state index in [4.69, 9.17) is 4.98 Å². The number of carboxylic acids is 1. The third-order valence-corrected chi connectivity index (χ3v) is 7.44. The highest BCUT2D eigenvalue weighted by Gasteiger charge is 2.20. The zero-order chi connectivity index (χ0) is 24.8. The molecule has 0 saturated heterocycles. The Morgan fingerprint density at radius 2 is 1.63 bits per heavy atom. The van der Waals surface area contributed by atoms with Crippen LogP contribution in [0.2, 0.25) is 0 Å². The summed E-state index contributed by atoms with van der Waals surface area (Å²) in [4.78, 5) is 16.7. The van der Waals surface area contributed by atoms with Crippen molar-refractivity contribution in [3.8, 4) is 11.1 Å². The van der Waals surface area contributed by atoms with Crippen LogP contribution in [0, 0.1) is 0 Å². The fourth-order valence-corrected chi connectivity index (χ4v) is 5.47. The predicted octanol–water partition coefficient (Wildman–Crippen LogP) is 6.81. The van der Waals surface area contributed by atoms with E-state index in [-0.39, 0.29) is 0 Å². The number of carboxylic acid groups (broad SMARTS) is 1. The summed E-state index contributed by atoms with van der Waals surface area (Å²) in [6.07, 6.45) is 3.08. The molecule has 0 radical (unpaired) electrons. The first-order valence-electron chi connectivity index (χ1n) is 12.0. The van der Waals surface area contributed by atoms with E-state index in [2.05, 4.69) is 47.7 Å². The van der Waals surface area contributed by atoms with Gasteiger partial charge in [-0.05, 0) is 40.7 Å². The van der Waals surface area contributed by atoms with Crippen LogP contribution in [-0.4, -0.2) is 42.3 Å². The molecule has 0 amide bonds. The standard InChI is InChI=1S/C27H30N4O2S2/c1-4-7-12-22-28-23-24(26(35-6-3)30-29-25(23)34-5-2)31(22)17-18-13-15-19(16-14-18)20-10-8-9-11-21(20)27(32)33/h8-11,13-16H,4-7,12,17H2,1-3H3,(H,32,33). The Morgan fingerprint density at radius 3 is 2.31 bits per heavy atom. The highest BCUT2D eigenvalue weighted by atomic mass is 32.2. The van der Waals surface area contributed by atoms with Crippen molar-refractivity contribution < 1.29 is 9.90 Å². The Kier molecular flexibility index (Phi) is 8.46. The molecule has 0 atom stereocenters. The number of hydrogen-bond donors (Lipinski definition) is 1. The van der Waals surface area contributed by atoms with E-state index in [1.165, 1.54) is 0 Å². The van der Waals surface area contributed by atoms with Crippen molar-refractivity contribution in [1.29, 1.82) is 0 Å². The number of fused-ring (bicyclic) bond motifs is 1. The molecule has 0 aliphatic heterocycles. The molecular weight excluding hydrogens is 476 g/mol. The quantitative estimate of drug-likeness (QED) is 0.224. The van der Waals surface area contributed by atoms with E-state index in [1.54, 1.807) is 35.7 Å². The molecule has 35 heavy (non-hydrogen) atoms. The monoisotopic (exact) mass is 506 g/mol. The van der Waals surface area contributed by atoms with Crippen LogP contribution in [0.3, 0.4) is 0 Å². The van der Waals surface area contributed by atoms with Crippen LogP contribution in [0.1, 0.15) is 55.4 Å². The first-order valence-corrected chi connectivity index (χ1v) is 14.0. The highest BCUT2D eigenvalue weighted by Crippen LogP contribution is 2.33. The van der Waals surface area contributed by atoms with Gasteiger partial charge in [-0.2, -0.15) is 0 Å². The maximum absolute atomic E-state index is 11.7. The lowest BCUT2D eigenvalue weighted by Crippen LogP contribution is -2.07. The van der Waals surface area contributed by atoms with Gasteiger partial charge >= 0.3 is 5.97 Å². The molecule has 182 valence electrons. The van der Waals surface area contributed by atoms with Gasteiger partial charge in [-0.15, -0.1) is 33.7 Å². The third kappa shape index (κ3) is 5.54. The number of aryl methyl sites for hydroxylation is 1. The zero-order valence-electron chi connectivity index (χ0n) is 20.3. The molecule has 0 fully saturated rings. The number of aromatic nitrogens is 4. The molecule has 0 aliphatic rings. The Bertz CT molecular complexity index is 1320. The van der Waals surface area contributed by atoms with Gasteiger partial charge in [-0.1, -0.05) is 69.7 Å². The van der Waals surface area contributed by atoms with Crippen molar-refractivity contribution in [3.63, 3.8) is 0 Å². The Labute approximate surface area is 214 Å². The van der Waals surface area contributed by atoms with Gasteiger partial charge in [0.15, 0.2) is 0 Å². The summed E-state index contributed by atoms with van der Waals surface area (Å²) in [5.41, 5.74) is 5.07. The second-order valence-electron chi connectivity index (χ2n) is 8.14. The lowest BCUT2D eigenvalue weighted by atomic mass is 9.99. The molecule has 2 heterocycles. The SMILES string of the molecule is CCCCc1nc2c(SCC)nnc(SCC)c2n1Cc1ccc(-c2ccccc2C(=O)O)cc1. The summed E-state index contributed by atoms with van der Waals surface area (Å²) in [6, 6.07) is 15.3. The molecule has 1 N–H and O–H groups in total. The number of unbranched alkanes of at least 4 members (excludes halogenated alkanes) is 1. The van der Waals surface area contributed by atoms with Crippen LogP contribution in [0.5, 0.6) is 0 Å². The number of nitrogens with zero attached hydrogens (tertiary/aromatic N) is 4. The maximum atomic E-state index is 11.7. The van der Waals surface area contributed by atoms with E-state index in [9.17, 15) is 9.90 Å². The van der Waals surface area contributed by atoms with Crippen molar-refractivity contribution >= 4 is 40.5 Å². The molecule has 0 unspecified atom stereocenters. The van der Waals surface area contributed by atoms with Crippen molar-refractivity contribution in [3.05, 3.63) is 65.5 Å². The minimum Gasteiger partial charge on any atom is -0.478 e. The number of rotatable bonds is 11. The predicted molar refractivity (Wildman–Crippen MR) is 145 cm³/mol. The molecule has 0 aliphatic carbocycles. The Hall–Kier alpha value is -2.84. The molecule has 6 nitrogen and oxygen atoms in total. The van der Waals surface area contributed by atoms with Crippen molar-refractivity contribution in [2.75, 3.05) is 11.5 Å². The first-order chi connectivity index (χ1) is 17.1. The fourth-order valence-electron chi connectivity index (χ4n) is 4.11. The fraction of sp³-hybridized carbons (Fsp3) is 0.333. The normalized spacial score (nSPS) is 11.3. The van der Waals surface area contributed by atoms with E-state index >= 15 is 0 Å². The molecular formula is C27H30N4O2S2. The van der Waals surface area contributed by atoms with Gasteiger partial charge in [-0.3, -0.25) is 0 Å². The minimum absolute atomic E-state index is 0.309. The van der Waals surface area contributed by atoms with Crippen LogP contribution >= 0.6 is 23.5 Å². The maximum Gasteiger partial charge on any atom is 0.336 e.